The normalized spacial score (nSPS) is 11.0. The van der Waals surface area contributed by atoms with Crippen LogP contribution in [0, 0.1) is 6.92 Å². The molecule has 0 radical (unpaired) electrons. The summed E-state index contributed by atoms with van der Waals surface area (Å²) < 4.78 is 30.2. The van der Waals surface area contributed by atoms with Crippen molar-refractivity contribution in [2.24, 2.45) is 0 Å². The van der Waals surface area contributed by atoms with E-state index in [1.54, 1.807) is 38.3 Å². The lowest BCUT2D eigenvalue weighted by Gasteiger charge is -2.08. The fourth-order valence-corrected chi connectivity index (χ4v) is 2.73. The molecule has 0 spiro atoms. The predicted octanol–water partition coefficient (Wildman–Crippen LogP) is 3.59. The standard InChI is InChI=1S/C15H12F2N4O2S/c1-7-10(5-8-3-4-9(23-2)6-11(8)18-7)13(22)19-15-21-20-14(24-15)12(16)17/h3-6,12H,1-2H3,(H,19,21,22). The van der Waals surface area contributed by atoms with Crippen LogP contribution in [-0.4, -0.2) is 28.2 Å². The van der Waals surface area contributed by atoms with E-state index in [-0.39, 0.29) is 5.13 Å². The van der Waals surface area contributed by atoms with Crippen LogP contribution in [0.2, 0.25) is 0 Å². The third-order valence-corrected chi connectivity index (χ3v) is 4.15. The molecule has 3 rings (SSSR count). The van der Waals surface area contributed by atoms with Gasteiger partial charge < -0.3 is 4.74 Å². The van der Waals surface area contributed by atoms with E-state index in [1.165, 1.54) is 0 Å². The minimum absolute atomic E-state index is 0.0181. The Morgan fingerprint density at radius 3 is 2.75 bits per heavy atom. The molecule has 24 heavy (non-hydrogen) atoms. The fourth-order valence-electron chi connectivity index (χ4n) is 2.14. The number of aryl methyl sites for hydroxylation is 1. The van der Waals surface area contributed by atoms with Crippen molar-refractivity contribution in [3.8, 4) is 5.75 Å². The van der Waals surface area contributed by atoms with Gasteiger partial charge in [-0.25, -0.2) is 8.78 Å². The zero-order valence-corrected chi connectivity index (χ0v) is 13.5. The average molecular weight is 350 g/mol. The molecule has 9 heteroatoms. The molecule has 1 amide bonds. The molecule has 0 saturated heterocycles. The topological polar surface area (TPSA) is 77.0 Å². The molecular formula is C15H12F2N4O2S. The zero-order valence-electron chi connectivity index (χ0n) is 12.7. The van der Waals surface area contributed by atoms with Crippen molar-refractivity contribution in [2.75, 3.05) is 12.4 Å². The first-order chi connectivity index (χ1) is 11.5. The minimum atomic E-state index is -2.72. The maximum absolute atomic E-state index is 12.5. The molecule has 0 fully saturated rings. The Morgan fingerprint density at radius 2 is 2.08 bits per heavy atom. The van der Waals surface area contributed by atoms with Gasteiger partial charge in [0.15, 0.2) is 5.01 Å². The van der Waals surface area contributed by atoms with E-state index in [0.717, 1.165) is 5.39 Å². The van der Waals surface area contributed by atoms with Crippen LogP contribution in [0.15, 0.2) is 24.3 Å². The number of hydrogen-bond acceptors (Lipinski definition) is 6. The fraction of sp³-hybridized carbons (Fsp3) is 0.200. The van der Waals surface area contributed by atoms with Crippen molar-refractivity contribution in [3.05, 3.63) is 40.5 Å². The lowest BCUT2D eigenvalue weighted by molar-refractivity contribution is 0.102. The van der Waals surface area contributed by atoms with Crippen LogP contribution in [-0.2, 0) is 0 Å². The first-order valence-electron chi connectivity index (χ1n) is 6.86. The van der Waals surface area contributed by atoms with E-state index in [0.29, 0.717) is 33.9 Å². The summed E-state index contributed by atoms with van der Waals surface area (Å²) in [6.07, 6.45) is -2.72. The smallest absolute Gasteiger partial charge is 0.291 e. The number of anilines is 1. The summed E-state index contributed by atoms with van der Waals surface area (Å²) in [7, 11) is 1.56. The maximum atomic E-state index is 12.5. The molecule has 1 aromatic carbocycles. The van der Waals surface area contributed by atoms with Crippen LogP contribution in [0.5, 0.6) is 5.75 Å². The highest BCUT2D eigenvalue weighted by atomic mass is 32.1. The van der Waals surface area contributed by atoms with Crippen molar-refractivity contribution in [2.45, 2.75) is 13.3 Å². The first kappa shape index (κ1) is 16.2. The van der Waals surface area contributed by atoms with Gasteiger partial charge in [0.2, 0.25) is 5.13 Å². The van der Waals surface area contributed by atoms with E-state index < -0.39 is 17.3 Å². The predicted molar refractivity (Wildman–Crippen MR) is 85.9 cm³/mol. The first-order valence-corrected chi connectivity index (χ1v) is 7.68. The lowest BCUT2D eigenvalue weighted by Crippen LogP contribution is -2.14. The molecule has 0 aliphatic heterocycles. The lowest BCUT2D eigenvalue weighted by atomic mass is 10.1. The number of hydrogen-bond donors (Lipinski definition) is 1. The van der Waals surface area contributed by atoms with Crippen molar-refractivity contribution in [1.82, 2.24) is 15.2 Å². The largest absolute Gasteiger partial charge is 0.497 e. The molecule has 0 atom stereocenters. The highest BCUT2D eigenvalue weighted by molar-refractivity contribution is 7.15. The molecule has 0 unspecified atom stereocenters. The van der Waals surface area contributed by atoms with Gasteiger partial charge in [-0.15, -0.1) is 10.2 Å². The molecule has 2 aromatic heterocycles. The van der Waals surface area contributed by atoms with E-state index in [9.17, 15) is 13.6 Å². The number of alkyl halides is 2. The molecular weight excluding hydrogens is 338 g/mol. The van der Waals surface area contributed by atoms with Crippen LogP contribution in [0.1, 0.15) is 27.5 Å². The second-order valence-electron chi connectivity index (χ2n) is 4.88. The van der Waals surface area contributed by atoms with Crippen molar-refractivity contribution < 1.29 is 18.3 Å². The number of nitrogens with one attached hydrogen (secondary N) is 1. The molecule has 3 aromatic rings. The number of amides is 1. The summed E-state index contributed by atoms with van der Waals surface area (Å²) in [5, 5.41) is 9.68. The van der Waals surface area contributed by atoms with Gasteiger partial charge in [0.25, 0.3) is 12.3 Å². The Morgan fingerprint density at radius 1 is 1.29 bits per heavy atom. The molecule has 0 saturated carbocycles. The number of benzene rings is 1. The third-order valence-electron chi connectivity index (χ3n) is 3.31. The summed E-state index contributed by atoms with van der Waals surface area (Å²) in [6, 6.07) is 7.00. The van der Waals surface area contributed by atoms with Crippen molar-refractivity contribution in [1.29, 1.82) is 0 Å². The van der Waals surface area contributed by atoms with E-state index >= 15 is 0 Å². The van der Waals surface area contributed by atoms with Gasteiger partial charge in [0.1, 0.15) is 5.75 Å². The second kappa shape index (κ2) is 6.44. The van der Waals surface area contributed by atoms with E-state index in [4.69, 9.17) is 4.74 Å². The van der Waals surface area contributed by atoms with Gasteiger partial charge >= 0.3 is 0 Å². The van der Waals surface area contributed by atoms with Gasteiger partial charge in [0, 0.05) is 11.5 Å². The molecule has 2 heterocycles. The monoisotopic (exact) mass is 350 g/mol. The number of ether oxygens (including phenoxy) is 1. The minimum Gasteiger partial charge on any atom is -0.497 e. The maximum Gasteiger partial charge on any atom is 0.291 e. The van der Waals surface area contributed by atoms with Gasteiger partial charge in [-0.1, -0.05) is 11.3 Å². The molecule has 0 aliphatic rings. The molecule has 124 valence electrons. The Kier molecular flexibility index (Phi) is 4.34. The summed E-state index contributed by atoms with van der Waals surface area (Å²) in [5.41, 5.74) is 1.53. The number of methoxy groups -OCH3 is 1. The Hall–Kier alpha value is -2.68. The number of nitrogens with zero attached hydrogens (tertiary/aromatic N) is 3. The Balaban J connectivity index is 1.89. The summed E-state index contributed by atoms with van der Waals surface area (Å²) >= 11 is 0.637. The summed E-state index contributed by atoms with van der Waals surface area (Å²) in [6.45, 7) is 1.69. The van der Waals surface area contributed by atoms with Crippen molar-refractivity contribution >= 4 is 33.3 Å². The number of aromatic nitrogens is 3. The molecule has 0 bridgehead atoms. The van der Waals surface area contributed by atoms with Gasteiger partial charge in [-0.3, -0.25) is 15.1 Å². The highest BCUT2D eigenvalue weighted by Crippen LogP contribution is 2.26. The summed E-state index contributed by atoms with van der Waals surface area (Å²) in [5.74, 6) is 0.190. The Bertz CT molecular complexity index is 914. The van der Waals surface area contributed by atoms with Crippen LogP contribution >= 0.6 is 11.3 Å². The zero-order chi connectivity index (χ0) is 17.3. The van der Waals surface area contributed by atoms with Crippen LogP contribution in [0.3, 0.4) is 0 Å². The molecule has 6 nitrogen and oxygen atoms in total. The number of rotatable bonds is 4. The number of carbonyl (C=O) groups is 1. The van der Waals surface area contributed by atoms with Crippen LogP contribution in [0.25, 0.3) is 10.9 Å². The summed E-state index contributed by atoms with van der Waals surface area (Å²) in [4.78, 5) is 16.7. The van der Waals surface area contributed by atoms with Gasteiger partial charge in [0.05, 0.1) is 23.9 Å². The van der Waals surface area contributed by atoms with E-state index in [2.05, 4.69) is 20.5 Å². The SMILES string of the molecule is COc1ccc2cc(C(=O)Nc3nnc(C(F)F)s3)c(C)nc2c1. The second-order valence-corrected chi connectivity index (χ2v) is 5.89. The molecule has 0 aliphatic carbocycles. The highest BCUT2D eigenvalue weighted by Gasteiger charge is 2.17. The van der Waals surface area contributed by atoms with E-state index in [1.807, 2.05) is 0 Å². The number of pyridine rings is 1. The van der Waals surface area contributed by atoms with Crippen LogP contribution in [0.4, 0.5) is 13.9 Å². The third kappa shape index (κ3) is 3.16. The molecule has 1 N–H and O–H groups in total. The number of halogens is 2. The average Bonchev–Trinajstić information content (AvgIpc) is 3.02. The van der Waals surface area contributed by atoms with Crippen LogP contribution < -0.4 is 10.1 Å². The number of fused-ring (bicyclic) bond motifs is 1. The van der Waals surface area contributed by atoms with Gasteiger partial charge in [-0.05, 0) is 25.1 Å². The quantitative estimate of drug-likeness (QED) is 0.778. The number of carbonyl (C=O) groups excluding carboxylic acids is 1. The van der Waals surface area contributed by atoms with Gasteiger partial charge in [-0.2, -0.15) is 0 Å². The Labute approximate surface area is 139 Å². The van der Waals surface area contributed by atoms with Crippen molar-refractivity contribution in [3.63, 3.8) is 0 Å².